The Kier molecular flexibility index (Phi) is 6.21. The van der Waals surface area contributed by atoms with E-state index in [9.17, 15) is 23.1 Å². The Balaban J connectivity index is 1.70. The average molecular weight is 410 g/mol. The molecule has 3 rings (SSSR count). The summed E-state index contributed by atoms with van der Waals surface area (Å²) in [5.74, 6) is -1.39. The van der Waals surface area contributed by atoms with E-state index in [-0.39, 0.29) is 48.0 Å². The van der Waals surface area contributed by atoms with E-state index in [2.05, 4.69) is 4.99 Å². The van der Waals surface area contributed by atoms with Crippen molar-refractivity contribution in [3.63, 3.8) is 0 Å². The summed E-state index contributed by atoms with van der Waals surface area (Å²) < 4.78 is 24.0. The fourth-order valence-electron chi connectivity index (χ4n) is 3.34. The second kappa shape index (κ2) is 8.43. The number of aliphatic imine (C=N–C) groups is 1. The van der Waals surface area contributed by atoms with Crippen LogP contribution < -0.4 is 5.11 Å². The number of aliphatic carboxylic acids is 1. The van der Waals surface area contributed by atoms with Crippen LogP contribution in [-0.4, -0.2) is 59.7 Å². The van der Waals surface area contributed by atoms with Gasteiger partial charge >= 0.3 is 0 Å². The summed E-state index contributed by atoms with van der Waals surface area (Å²) in [4.78, 5) is 28.6. The fourth-order valence-corrected chi connectivity index (χ4v) is 7.33. The minimum Gasteiger partial charge on any atom is -0.550 e. The van der Waals surface area contributed by atoms with E-state index in [1.54, 1.807) is 0 Å². The van der Waals surface area contributed by atoms with Gasteiger partial charge in [-0.25, -0.2) is 8.42 Å². The summed E-state index contributed by atoms with van der Waals surface area (Å²) in [5, 5.41) is 10.9. The van der Waals surface area contributed by atoms with Crippen molar-refractivity contribution in [1.29, 1.82) is 0 Å². The lowest BCUT2D eigenvalue weighted by atomic mass is 10.1. The Bertz CT molecular complexity index is 839. The van der Waals surface area contributed by atoms with Crippen LogP contribution in [0.2, 0.25) is 0 Å². The number of amidine groups is 1. The van der Waals surface area contributed by atoms with Crippen LogP contribution in [0.4, 0.5) is 0 Å². The van der Waals surface area contributed by atoms with Crippen molar-refractivity contribution in [2.24, 2.45) is 4.99 Å². The third-order valence-electron chi connectivity index (χ3n) is 4.65. The monoisotopic (exact) mass is 409 g/mol. The van der Waals surface area contributed by atoms with E-state index in [0.717, 1.165) is 12.0 Å². The molecule has 7 nitrogen and oxygen atoms in total. The maximum Gasteiger partial charge on any atom is 0.248 e. The molecule has 1 aromatic carbocycles. The number of carbonyl (C=O) groups is 2. The Labute approximate surface area is 162 Å². The molecule has 0 saturated carbocycles. The molecule has 2 aliphatic rings. The second-order valence-electron chi connectivity index (χ2n) is 6.74. The van der Waals surface area contributed by atoms with Crippen molar-refractivity contribution >= 4 is 38.6 Å². The number of nitrogens with zero attached hydrogens (tertiary/aromatic N) is 2. The van der Waals surface area contributed by atoms with Gasteiger partial charge in [-0.2, -0.15) is 4.99 Å². The third-order valence-corrected chi connectivity index (χ3v) is 7.90. The zero-order valence-electron chi connectivity index (χ0n) is 14.7. The standard InChI is InChI=1S/C18H22N2O5S2/c21-16(7-4-8-17(22)23)19-18-20(10-9-13-5-2-1-3-6-13)14-11-27(24,25)12-15(14)26-18/h1-3,5-6,14-15H,4,7-12H2,(H,22,23)/p-1/t14-,15-/m0/s1. The highest BCUT2D eigenvalue weighted by Crippen LogP contribution is 2.38. The van der Waals surface area contributed by atoms with Crippen LogP contribution in [0.3, 0.4) is 0 Å². The molecule has 0 N–H and O–H groups in total. The normalized spacial score (nSPS) is 24.9. The molecule has 0 spiro atoms. The van der Waals surface area contributed by atoms with Gasteiger partial charge < -0.3 is 14.8 Å². The minimum absolute atomic E-state index is 0.0399. The first-order valence-electron chi connectivity index (χ1n) is 8.83. The van der Waals surface area contributed by atoms with E-state index < -0.39 is 15.8 Å². The van der Waals surface area contributed by atoms with Crippen LogP contribution >= 0.6 is 11.8 Å². The Morgan fingerprint density at radius 1 is 1.19 bits per heavy atom. The molecule has 2 saturated heterocycles. The van der Waals surface area contributed by atoms with Crippen LogP contribution in [-0.2, 0) is 25.8 Å². The molecule has 0 aliphatic carbocycles. The van der Waals surface area contributed by atoms with Crippen LogP contribution in [0.5, 0.6) is 0 Å². The number of hydrogen-bond donors (Lipinski definition) is 0. The summed E-state index contributed by atoms with van der Waals surface area (Å²) >= 11 is 1.34. The highest BCUT2D eigenvalue weighted by Gasteiger charge is 2.48. The second-order valence-corrected chi connectivity index (χ2v) is 10.1. The van der Waals surface area contributed by atoms with Gasteiger partial charge in [-0.15, -0.1) is 0 Å². The number of hydrogen-bond acceptors (Lipinski definition) is 6. The lowest BCUT2D eigenvalue weighted by Gasteiger charge is -2.24. The lowest BCUT2D eigenvalue weighted by Crippen LogP contribution is -2.39. The zero-order chi connectivity index (χ0) is 19.4. The summed E-state index contributed by atoms with van der Waals surface area (Å²) in [5.41, 5.74) is 1.13. The summed E-state index contributed by atoms with van der Waals surface area (Å²) in [6.45, 7) is 0.582. The maximum atomic E-state index is 12.1. The van der Waals surface area contributed by atoms with Gasteiger partial charge in [0.05, 0.1) is 17.5 Å². The summed E-state index contributed by atoms with van der Waals surface area (Å²) in [6, 6.07) is 9.69. The van der Waals surface area contributed by atoms with Gasteiger partial charge in [-0.1, -0.05) is 42.1 Å². The largest absolute Gasteiger partial charge is 0.550 e. The van der Waals surface area contributed by atoms with E-state index in [1.165, 1.54) is 11.8 Å². The van der Waals surface area contributed by atoms with Crippen molar-refractivity contribution in [3.8, 4) is 0 Å². The Morgan fingerprint density at radius 3 is 2.63 bits per heavy atom. The quantitative estimate of drug-likeness (QED) is 0.635. The SMILES string of the molecule is O=C([O-])CCCC(=O)N=C1S[C@H]2CS(=O)(=O)C[C@@H]2N1CCc1ccccc1. The van der Waals surface area contributed by atoms with Crippen molar-refractivity contribution in [2.75, 3.05) is 18.1 Å². The van der Waals surface area contributed by atoms with Gasteiger partial charge in [-0.3, -0.25) is 4.79 Å². The molecule has 2 aliphatic heterocycles. The Hall–Kier alpha value is -1.87. The van der Waals surface area contributed by atoms with Crippen molar-refractivity contribution < 1.29 is 23.1 Å². The smallest absolute Gasteiger partial charge is 0.248 e. The van der Waals surface area contributed by atoms with Crippen LogP contribution in [0.1, 0.15) is 24.8 Å². The first-order valence-corrected chi connectivity index (χ1v) is 11.5. The summed E-state index contributed by atoms with van der Waals surface area (Å²) in [7, 11) is -3.07. The van der Waals surface area contributed by atoms with Gasteiger partial charge in [0.2, 0.25) is 5.91 Å². The van der Waals surface area contributed by atoms with Gasteiger partial charge in [-0.05, 0) is 24.8 Å². The van der Waals surface area contributed by atoms with E-state index in [1.807, 2.05) is 35.2 Å². The molecule has 0 unspecified atom stereocenters. The summed E-state index contributed by atoms with van der Waals surface area (Å²) in [6.07, 6.45) is 0.777. The van der Waals surface area contributed by atoms with Crippen molar-refractivity contribution in [1.82, 2.24) is 4.90 Å². The first kappa shape index (κ1) is 19.9. The molecule has 146 valence electrons. The van der Waals surface area contributed by atoms with Crippen molar-refractivity contribution in [2.45, 2.75) is 37.0 Å². The topological polar surface area (TPSA) is 107 Å². The van der Waals surface area contributed by atoms with Crippen molar-refractivity contribution in [3.05, 3.63) is 35.9 Å². The number of carbonyl (C=O) groups excluding carboxylic acids is 2. The van der Waals surface area contributed by atoms with Crippen LogP contribution in [0.25, 0.3) is 0 Å². The fraction of sp³-hybridized carbons (Fsp3) is 0.500. The number of carboxylic acid groups (broad SMARTS) is 1. The van der Waals surface area contributed by atoms with E-state index in [4.69, 9.17) is 0 Å². The molecule has 0 radical (unpaired) electrons. The van der Waals surface area contributed by atoms with E-state index >= 15 is 0 Å². The number of sulfone groups is 1. The van der Waals surface area contributed by atoms with Gasteiger partial charge in [0.1, 0.15) is 0 Å². The van der Waals surface area contributed by atoms with Gasteiger partial charge in [0, 0.05) is 24.2 Å². The zero-order valence-corrected chi connectivity index (χ0v) is 16.4. The molecular formula is C18H21N2O5S2-. The Morgan fingerprint density at radius 2 is 1.93 bits per heavy atom. The molecule has 27 heavy (non-hydrogen) atoms. The number of fused-ring (bicyclic) bond motifs is 1. The highest BCUT2D eigenvalue weighted by molar-refractivity contribution is 8.15. The third kappa shape index (κ3) is 5.32. The van der Waals surface area contributed by atoms with Gasteiger partial charge in [0.25, 0.3) is 0 Å². The molecular weight excluding hydrogens is 388 g/mol. The number of amides is 1. The molecule has 0 aromatic heterocycles. The first-order chi connectivity index (χ1) is 12.8. The minimum atomic E-state index is -3.07. The lowest BCUT2D eigenvalue weighted by molar-refractivity contribution is -0.305. The van der Waals surface area contributed by atoms with Gasteiger partial charge in [0.15, 0.2) is 15.0 Å². The predicted molar refractivity (Wildman–Crippen MR) is 102 cm³/mol. The van der Waals surface area contributed by atoms with E-state index in [0.29, 0.717) is 11.7 Å². The highest BCUT2D eigenvalue weighted by atomic mass is 32.2. The molecule has 1 amide bonds. The molecule has 2 fully saturated rings. The molecule has 1 aromatic rings. The number of benzene rings is 1. The molecule has 0 bridgehead atoms. The van der Waals surface area contributed by atoms with Crippen LogP contribution in [0.15, 0.2) is 35.3 Å². The molecule has 2 atom stereocenters. The maximum absolute atomic E-state index is 12.1. The molecule has 9 heteroatoms. The predicted octanol–water partition coefficient (Wildman–Crippen LogP) is 0.246. The molecule has 2 heterocycles. The number of thioether (sulfide) groups is 1. The average Bonchev–Trinajstić information content (AvgIpc) is 3.04. The van der Waals surface area contributed by atoms with Crippen LogP contribution in [0, 0.1) is 0 Å². The number of carboxylic acids is 1. The number of rotatable bonds is 7.